The molecule has 2 aliphatic heterocycles. The standard InChI is InChI=1S/C34H31BrN2O7S/c1-5-40-33(39)30-20(4)36-34-37(31(30)23-8-6-7-9-25(23)44-19(2)3)32(38)29(45-34)16-21-10-12-26(24(35)14-21)41-17-22-11-13-27-28(15-22)43-18-42-27/h6-16,19,31H,5,17-18H2,1-4H3/b29-16+/t31-/m0/s1. The van der Waals surface area contributed by atoms with E-state index in [1.54, 1.807) is 18.4 Å². The zero-order valence-electron chi connectivity index (χ0n) is 25.2. The molecular formula is C34H31BrN2O7S. The molecular weight excluding hydrogens is 660 g/mol. The molecule has 0 fully saturated rings. The van der Waals surface area contributed by atoms with Crippen LogP contribution in [0.5, 0.6) is 23.0 Å². The second-order valence-corrected chi connectivity index (χ2v) is 12.5. The molecule has 0 aliphatic carbocycles. The lowest BCUT2D eigenvalue weighted by molar-refractivity contribution is -0.139. The van der Waals surface area contributed by atoms with Crippen molar-refractivity contribution >= 4 is 39.3 Å². The molecule has 0 unspecified atom stereocenters. The summed E-state index contributed by atoms with van der Waals surface area (Å²) in [5, 5.41) is 0. The molecule has 3 heterocycles. The lowest BCUT2D eigenvalue weighted by atomic mass is 9.95. The number of fused-ring (bicyclic) bond motifs is 2. The Morgan fingerprint density at radius 2 is 1.91 bits per heavy atom. The van der Waals surface area contributed by atoms with E-state index in [4.69, 9.17) is 23.7 Å². The van der Waals surface area contributed by atoms with Gasteiger partial charge in [-0.05, 0) is 91.2 Å². The molecule has 9 nitrogen and oxygen atoms in total. The average Bonchev–Trinajstić information content (AvgIpc) is 3.59. The first-order valence-corrected chi connectivity index (χ1v) is 16.1. The van der Waals surface area contributed by atoms with Crippen molar-refractivity contribution in [1.82, 2.24) is 4.57 Å². The first-order chi connectivity index (χ1) is 21.7. The summed E-state index contributed by atoms with van der Waals surface area (Å²) in [7, 11) is 0. The van der Waals surface area contributed by atoms with Crippen molar-refractivity contribution < 1.29 is 28.5 Å². The minimum atomic E-state index is -0.768. The Morgan fingerprint density at radius 1 is 1.11 bits per heavy atom. The van der Waals surface area contributed by atoms with Crippen molar-refractivity contribution in [3.05, 3.63) is 113 Å². The fraction of sp³-hybridized carbons (Fsp3) is 0.265. The fourth-order valence-corrected chi connectivity index (χ4v) is 6.78. The van der Waals surface area contributed by atoms with Gasteiger partial charge < -0.3 is 23.7 Å². The lowest BCUT2D eigenvalue weighted by Gasteiger charge is -2.26. The SMILES string of the molecule is CCOC(=O)C1=C(C)N=c2s/c(=C/c3ccc(OCc4ccc5c(c4)OCO5)c(Br)c3)c(=O)n2[C@H]1c1ccccc1OC(C)C. The number of allylic oxidation sites excluding steroid dienone is 1. The van der Waals surface area contributed by atoms with Gasteiger partial charge in [0, 0.05) is 5.56 Å². The van der Waals surface area contributed by atoms with E-state index in [2.05, 4.69) is 20.9 Å². The van der Waals surface area contributed by atoms with Gasteiger partial charge in [0.05, 0.1) is 33.0 Å². The zero-order chi connectivity index (χ0) is 31.7. The third kappa shape index (κ3) is 6.27. The lowest BCUT2D eigenvalue weighted by Crippen LogP contribution is -2.40. The largest absolute Gasteiger partial charge is 0.491 e. The van der Waals surface area contributed by atoms with Gasteiger partial charge in [0.1, 0.15) is 24.1 Å². The predicted molar refractivity (Wildman–Crippen MR) is 174 cm³/mol. The maximum absolute atomic E-state index is 14.1. The number of halogens is 1. The molecule has 0 saturated carbocycles. The number of rotatable bonds is 9. The Labute approximate surface area is 272 Å². The zero-order valence-corrected chi connectivity index (χ0v) is 27.6. The van der Waals surface area contributed by atoms with Crippen LogP contribution in [-0.2, 0) is 16.1 Å². The molecule has 4 aromatic rings. The van der Waals surface area contributed by atoms with Gasteiger partial charge in [0.15, 0.2) is 16.3 Å². The fourth-order valence-electron chi connectivity index (χ4n) is 5.22. The molecule has 11 heteroatoms. The Balaban J connectivity index is 1.35. The van der Waals surface area contributed by atoms with Gasteiger partial charge in [-0.1, -0.05) is 41.7 Å². The first kappa shape index (κ1) is 30.7. The quantitative estimate of drug-likeness (QED) is 0.209. The number of hydrogen-bond acceptors (Lipinski definition) is 9. The van der Waals surface area contributed by atoms with Crippen molar-refractivity contribution in [2.45, 2.75) is 46.4 Å². The summed E-state index contributed by atoms with van der Waals surface area (Å²) in [6, 6.07) is 18.0. The highest BCUT2D eigenvalue weighted by Crippen LogP contribution is 2.37. The number of benzene rings is 3. The Morgan fingerprint density at radius 3 is 2.69 bits per heavy atom. The van der Waals surface area contributed by atoms with E-state index in [0.717, 1.165) is 21.3 Å². The number of thiazole rings is 1. The van der Waals surface area contributed by atoms with Crippen LogP contribution in [0.2, 0.25) is 0 Å². The van der Waals surface area contributed by atoms with E-state index in [9.17, 15) is 9.59 Å². The Bertz CT molecular complexity index is 2000. The van der Waals surface area contributed by atoms with Crippen LogP contribution < -0.4 is 33.8 Å². The van der Waals surface area contributed by atoms with Crippen molar-refractivity contribution in [1.29, 1.82) is 0 Å². The number of ether oxygens (including phenoxy) is 5. The average molecular weight is 692 g/mol. The van der Waals surface area contributed by atoms with E-state index in [1.165, 1.54) is 11.3 Å². The maximum atomic E-state index is 14.1. The third-order valence-electron chi connectivity index (χ3n) is 7.18. The number of hydrogen-bond donors (Lipinski definition) is 0. The van der Waals surface area contributed by atoms with Gasteiger partial charge in [0.25, 0.3) is 5.56 Å². The molecule has 6 rings (SSSR count). The van der Waals surface area contributed by atoms with E-state index in [1.807, 2.05) is 80.6 Å². The predicted octanol–water partition coefficient (Wildman–Crippen LogP) is 5.66. The van der Waals surface area contributed by atoms with Crippen LogP contribution in [0.3, 0.4) is 0 Å². The third-order valence-corrected chi connectivity index (χ3v) is 8.78. The van der Waals surface area contributed by atoms with Crippen LogP contribution in [0.4, 0.5) is 0 Å². The van der Waals surface area contributed by atoms with Gasteiger partial charge in [0.2, 0.25) is 6.79 Å². The topological polar surface area (TPSA) is 97.6 Å². The molecule has 0 spiro atoms. The van der Waals surface area contributed by atoms with Crippen LogP contribution in [0, 0.1) is 0 Å². The first-order valence-electron chi connectivity index (χ1n) is 14.5. The van der Waals surface area contributed by atoms with E-state index in [-0.39, 0.29) is 25.1 Å². The number of carbonyl (C=O) groups is 1. The van der Waals surface area contributed by atoms with Crippen LogP contribution in [0.25, 0.3) is 6.08 Å². The summed E-state index contributed by atoms with van der Waals surface area (Å²) in [6.07, 6.45) is 1.70. The molecule has 0 bridgehead atoms. The van der Waals surface area contributed by atoms with Gasteiger partial charge >= 0.3 is 5.97 Å². The van der Waals surface area contributed by atoms with E-state index in [0.29, 0.717) is 50.0 Å². The number of nitrogens with zero attached hydrogens (tertiary/aromatic N) is 2. The maximum Gasteiger partial charge on any atom is 0.338 e. The highest BCUT2D eigenvalue weighted by molar-refractivity contribution is 9.10. The second kappa shape index (κ2) is 12.9. The number of aromatic nitrogens is 1. The van der Waals surface area contributed by atoms with Crippen molar-refractivity contribution in [2.75, 3.05) is 13.4 Å². The van der Waals surface area contributed by atoms with Gasteiger partial charge in [-0.2, -0.15) is 0 Å². The normalized spacial score (nSPS) is 15.6. The summed E-state index contributed by atoms with van der Waals surface area (Å²) in [6.45, 7) is 8.14. The van der Waals surface area contributed by atoms with Crippen molar-refractivity contribution in [2.24, 2.45) is 4.99 Å². The van der Waals surface area contributed by atoms with Crippen LogP contribution >= 0.6 is 27.3 Å². The molecule has 3 aromatic carbocycles. The van der Waals surface area contributed by atoms with Gasteiger partial charge in [-0.25, -0.2) is 9.79 Å². The molecule has 232 valence electrons. The molecule has 0 N–H and O–H groups in total. The number of esters is 1. The summed E-state index contributed by atoms with van der Waals surface area (Å²) in [4.78, 5) is 32.5. The Kier molecular flexibility index (Phi) is 8.82. The van der Waals surface area contributed by atoms with E-state index >= 15 is 0 Å². The van der Waals surface area contributed by atoms with Crippen molar-refractivity contribution in [3.63, 3.8) is 0 Å². The van der Waals surface area contributed by atoms with Gasteiger partial charge in [-0.3, -0.25) is 9.36 Å². The molecule has 45 heavy (non-hydrogen) atoms. The summed E-state index contributed by atoms with van der Waals surface area (Å²) in [5.74, 6) is 2.15. The van der Waals surface area contributed by atoms with Crippen LogP contribution in [-0.4, -0.2) is 30.0 Å². The molecule has 0 saturated heterocycles. The highest BCUT2D eigenvalue weighted by Gasteiger charge is 2.35. The van der Waals surface area contributed by atoms with Gasteiger partial charge in [-0.15, -0.1) is 0 Å². The molecule has 0 amide bonds. The number of para-hydroxylation sites is 1. The molecule has 0 radical (unpaired) electrons. The Hall–Kier alpha value is -4.35. The molecule has 1 atom stereocenters. The van der Waals surface area contributed by atoms with E-state index < -0.39 is 12.0 Å². The van der Waals surface area contributed by atoms with Crippen LogP contribution in [0.15, 0.2) is 86.2 Å². The number of carbonyl (C=O) groups excluding carboxylic acids is 1. The summed E-state index contributed by atoms with van der Waals surface area (Å²) in [5.41, 5.74) is 2.96. The highest BCUT2D eigenvalue weighted by atomic mass is 79.9. The summed E-state index contributed by atoms with van der Waals surface area (Å²) < 4.78 is 31.2. The molecule has 2 aliphatic rings. The van der Waals surface area contributed by atoms with Crippen molar-refractivity contribution in [3.8, 4) is 23.0 Å². The monoisotopic (exact) mass is 690 g/mol. The minimum absolute atomic E-state index is 0.111. The second-order valence-electron chi connectivity index (χ2n) is 10.7. The smallest absolute Gasteiger partial charge is 0.338 e. The molecule has 1 aromatic heterocycles. The minimum Gasteiger partial charge on any atom is -0.491 e. The summed E-state index contributed by atoms with van der Waals surface area (Å²) >= 11 is 4.88. The van der Waals surface area contributed by atoms with Crippen LogP contribution in [0.1, 0.15) is 50.4 Å².